The van der Waals surface area contributed by atoms with Gasteiger partial charge < -0.3 is 30.0 Å². The fourth-order valence-corrected chi connectivity index (χ4v) is 3.58. The maximum Gasteiger partial charge on any atom is 0.337 e. The quantitative estimate of drug-likeness (QED) is 0.170. The van der Waals surface area contributed by atoms with E-state index < -0.39 is 24.3 Å². The Bertz CT molecular complexity index is 1140. The molecule has 2 amide bonds. The zero-order chi connectivity index (χ0) is 25.4. The van der Waals surface area contributed by atoms with Gasteiger partial charge in [0, 0.05) is 16.3 Å². The largest absolute Gasteiger partial charge is 0.490 e. The molecule has 0 saturated heterocycles. The number of hydrogen-bond acceptors (Lipinski definition) is 8. The molecule has 1 aliphatic heterocycles. The summed E-state index contributed by atoms with van der Waals surface area (Å²) in [6, 6.07) is 11.0. The first-order chi connectivity index (χ1) is 16.8. The Morgan fingerprint density at radius 1 is 1.26 bits per heavy atom. The van der Waals surface area contributed by atoms with E-state index in [9.17, 15) is 14.7 Å². The highest BCUT2D eigenvalue weighted by molar-refractivity contribution is 6.33. The summed E-state index contributed by atoms with van der Waals surface area (Å²) in [4.78, 5) is 24.4. The third-order valence-electron chi connectivity index (χ3n) is 5.00. The molecule has 35 heavy (non-hydrogen) atoms. The van der Waals surface area contributed by atoms with Crippen molar-refractivity contribution in [2.45, 2.75) is 26.1 Å². The van der Waals surface area contributed by atoms with Crippen molar-refractivity contribution in [2.75, 3.05) is 20.3 Å². The van der Waals surface area contributed by atoms with Crippen LogP contribution >= 0.6 is 11.6 Å². The highest BCUT2D eigenvalue weighted by Gasteiger charge is 2.32. The number of nitrogens with one attached hydrogen (secondary N) is 3. The normalized spacial score (nSPS) is 16.4. The van der Waals surface area contributed by atoms with Gasteiger partial charge in [-0.25, -0.2) is 9.59 Å². The molecule has 186 valence electrons. The van der Waals surface area contributed by atoms with Gasteiger partial charge in [0.1, 0.15) is 6.61 Å². The van der Waals surface area contributed by atoms with Crippen LogP contribution in [0.3, 0.4) is 0 Å². The van der Waals surface area contributed by atoms with Crippen molar-refractivity contribution >= 4 is 29.8 Å². The van der Waals surface area contributed by atoms with Crippen molar-refractivity contribution in [3.8, 4) is 11.5 Å². The number of carbonyl (C=O) groups is 2. The third kappa shape index (κ3) is 6.65. The van der Waals surface area contributed by atoms with Crippen LogP contribution in [0.25, 0.3) is 0 Å². The van der Waals surface area contributed by atoms with Crippen molar-refractivity contribution in [3.05, 3.63) is 69.9 Å². The van der Waals surface area contributed by atoms with E-state index in [1.807, 2.05) is 19.1 Å². The smallest absolute Gasteiger partial charge is 0.337 e. The minimum absolute atomic E-state index is 0.129. The standard InChI is InChI=1S/C24H27ClN4O6/c1-4-34-19-11-15(22-21(23(31)33-3)14(2)27-24(32)28-22)9-10-18(19)35-13-20(30)29-26-12-16-7-5-6-8-17(16)25/h5-12,20,22,29-30H,4,13H2,1-3H3,(H2,27,28,32)/b26-12-/t20-,22+/m1/s1. The van der Waals surface area contributed by atoms with Gasteiger partial charge in [0.2, 0.25) is 0 Å². The average Bonchev–Trinajstić information content (AvgIpc) is 2.83. The van der Waals surface area contributed by atoms with Crippen LogP contribution in [0.4, 0.5) is 4.79 Å². The lowest BCUT2D eigenvalue weighted by Gasteiger charge is -2.28. The maximum atomic E-state index is 12.3. The molecule has 1 aliphatic rings. The van der Waals surface area contributed by atoms with Crippen molar-refractivity contribution in [1.82, 2.24) is 16.1 Å². The topological polar surface area (TPSA) is 131 Å². The number of allylic oxidation sites excluding steroid dienone is 1. The summed E-state index contributed by atoms with van der Waals surface area (Å²) in [6.45, 7) is 3.66. The molecule has 0 aromatic heterocycles. The van der Waals surface area contributed by atoms with Crippen LogP contribution in [0, 0.1) is 0 Å². The molecule has 0 bridgehead atoms. The molecule has 3 rings (SSSR count). The summed E-state index contributed by atoms with van der Waals surface area (Å²) >= 11 is 6.07. The van der Waals surface area contributed by atoms with E-state index in [-0.39, 0.29) is 12.2 Å². The highest BCUT2D eigenvalue weighted by atomic mass is 35.5. The number of amides is 2. The number of rotatable bonds is 10. The number of nitrogens with zero attached hydrogens (tertiary/aromatic N) is 1. The Morgan fingerprint density at radius 2 is 2.03 bits per heavy atom. The number of aliphatic hydroxyl groups excluding tert-OH is 1. The highest BCUT2D eigenvalue weighted by Crippen LogP contribution is 2.34. The zero-order valence-corrected chi connectivity index (χ0v) is 20.3. The van der Waals surface area contributed by atoms with Gasteiger partial charge in [-0.05, 0) is 37.6 Å². The van der Waals surface area contributed by atoms with Crippen molar-refractivity contribution < 1.29 is 28.9 Å². The van der Waals surface area contributed by atoms with E-state index in [4.69, 9.17) is 25.8 Å². The molecule has 2 aromatic rings. The van der Waals surface area contributed by atoms with Gasteiger partial charge in [0.25, 0.3) is 0 Å². The molecule has 0 fully saturated rings. The number of benzene rings is 2. The molecule has 10 nitrogen and oxygen atoms in total. The number of carbonyl (C=O) groups excluding carboxylic acids is 2. The molecular weight excluding hydrogens is 476 g/mol. The second-order valence-electron chi connectivity index (χ2n) is 7.44. The number of hydrogen-bond donors (Lipinski definition) is 4. The van der Waals surface area contributed by atoms with E-state index in [0.717, 1.165) is 0 Å². The van der Waals surface area contributed by atoms with Crippen LogP contribution in [0.2, 0.25) is 5.02 Å². The molecule has 11 heteroatoms. The summed E-state index contributed by atoms with van der Waals surface area (Å²) in [5, 5.41) is 20.0. The number of hydrazone groups is 1. The molecule has 0 saturated carbocycles. The molecule has 1 heterocycles. The van der Waals surface area contributed by atoms with E-state index in [2.05, 4.69) is 21.2 Å². The van der Waals surface area contributed by atoms with Gasteiger partial charge in [0.15, 0.2) is 17.7 Å². The third-order valence-corrected chi connectivity index (χ3v) is 5.35. The van der Waals surface area contributed by atoms with Crippen LogP contribution in [0.15, 0.2) is 58.8 Å². The van der Waals surface area contributed by atoms with Gasteiger partial charge in [-0.2, -0.15) is 5.10 Å². The Kier molecular flexibility index (Phi) is 8.93. The second-order valence-corrected chi connectivity index (χ2v) is 7.84. The first-order valence-corrected chi connectivity index (χ1v) is 11.2. The molecular formula is C24H27ClN4O6. The minimum Gasteiger partial charge on any atom is -0.490 e. The first-order valence-electron chi connectivity index (χ1n) is 10.8. The summed E-state index contributed by atoms with van der Waals surface area (Å²) in [5.41, 5.74) is 4.54. The van der Waals surface area contributed by atoms with E-state index in [0.29, 0.717) is 40.0 Å². The molecule has 4 N–H and O–H groups in total. The number of aliphatic hydroxyl groups is 1. The van der Waals surface area contributed by atoms with Crippen LogP contribution in [0.5, 0.6) is 11.5 Å². The summed E-state index contributed by atoms with van der Waals surface area (Å²) < 4.78 is 16.3. The fourth-order valence-electron chi connectivity index (χ4n) is 3.39. The fraction of sp³-hybridized carbons (Fsp3) is 0.292. The van der Waals surface area contributed by atoms with E-state index in [1.54, 1.807) is 37.3 Å². The first kappa shape index (κ1) is 25.9. The Labute approximate surface area is 207 Å². The molecule has 2 aromatic carbocycles. The Hall–Kier alpha value is -3.76. The molecule has 0 unspecified atom stereocenters. The zero-order valence-electron chi connectivity index (χ0n) is 19.5. The molecule has 2 atom stereocenters. The average molecular weight is 503 g/mol. The van der Waals surface area contributed by atoms with Gasteiger partial charge >= 0.3 is 12.0 Å². The van der Waals surface area contributed by atoms with Gasteiger partial charge in [-0.3, -0.25) is 5.43 Å². The molecule has 0 spiro atoms. The van der Waals surface area contributed by atoms with Crippen LogP contribution in [-0.2, 0) is 9.53 Å². The van der Waals surface area contributed by atoms with Crippen LogP contribution in [0.1, 0.15) is 31.0 Å². The number of ether oxygens (including phenoxy) is 3. The maximum absolute atomic E-state index is 12.3. The SMILES string of the molecule is CCOc1cc([C@@H]2NC(=O)NC(C)=C2C(=O)OC)ccc1OC[C@@H](O)N/N=C\c1ccccc1Cl. The number of urea groups is 1. The monoisotopic (exact) mass is 502 g/mol. The van der Waals surface area contributed by atoms with Gasteiger partial charge in [0.05, 0.1) is 31.5 Å². The summed E-state index contributed by atoms with van der Waals surface area (Å²) in [5.74, 6) is 0.184. The van der Waals surface area contributed by atoms with Crippen molar-refractivity contribution in [1.29, 1.82) is 0 Å². The Balaban J connectivity index is 1.72. The number of esters is 1. The number of halogens is 1. The van der Waals surface area contributed by atoms with Crippen LogP contribution < -0.4 is 25.5 Å². The van der Waals surface area contributed by atoms with Crippen molar-refractivity contribution in [3.63, 3.8) is 0 Å². The van der Waals surface area contributed by atoms with Crippen LogP contribution in [-0.4, -0.2) is 49.9 Å². The predicted octanol–water partition coefficient (Wildman–Crippen LogP) is 2.86. The number of methoxy groups -OCH3 is 1. The summed E-state index contributed by atoms with van der Waals surface area (Å²) in [6.07, 6.45) is 0.386. The summed E-state index contributed by atoms with van der Waals surface area (Å²) in [7, 11) is 1.27. The second kappa shape index (κ2) is 12.1. The van der Waals surface area contributed by atoms with Crippen molar-refractivity contribution in [2.24, 2.45) is 5.10 Å². The van der Waals surface area contributed by atoms with Gasteiger partial charge in [-0.1, -0.05) is 35.9 Å². The van der Waals surface area contributed by atoms with Gasteiger partial charge in [-0.15, -0.1) is 0 Å². The van der Waals surface area contributed by atoms with E-state index >= 15 is 0 Å². The molecule has 0 aliphatic carbocycles. The Morgan fingerprint density at radius 3 is 2.74 bits per heavy atom. The lowest BCUT2D eigenvalue weighted by atomic mass is 9.95. The van der Waals surface area contributed by atoms with E-state index in [1.165, 1.54) is 13.3 Å². The predicted molar refractivity (Wildman–Crippen MR) is 130 cm³/mol. The lowest BCUT2D eigenvalue weighted by Crippen LogP contribution is -2.45. The minimum atomic E-state index is -1.11. The molecule has 0 radical (unpaired) electrons. The lowest BCUT2D eigenvalue weighted by molar-refractivity contribution is -0.136.